The number of hydrogen-bond donors (Lipinski definition) is 1. The Hall–Kier alpha value is -0.980. The van der Waals surface area contributed by atoms with E-state index in [4.69, 9.17) is 0 Å². The number of rotatable bonds is 7. The number of nitrogens with zero attached hydrogens (tertiary/aromatic N) is 2. The summed E-state index contributed by atoms with van der Waals surface area (Å²) in [5, 5.41) is 0. The molecule has 1 aromatic rings. The Morgan fingerprint density at radius 1 is 1.43 bits per heavy atom. The molecule has 6 heteroatoms. The molecule has 1 saturated heterocycles. The molecule has 1 aromatic heterocycles. The molecule has 0 spiro atoms. The van der Waals surface area contributed by atoms with E-state index in [1.807, 2.05) is 31.3 Å². The molecular weight excluding hydrogens is 286 g/mol. The van der Waals surface area contributed by atoms with Crippen LogP contribution in [-0.2, 0) is 16.6 Å². The highest BCUT2D eigenvalue weighted by Gasteiger charge is 2.21. The van der Waals surface area contributed by atoms with Crippen molar-refractivity contribution in [1.29, 1.82) is 0 Å². The van der Waals surface area contributed by atoms with Gasteiger partial charge in [-0.25, -0.2) is 13.1 Å². The predicted molar refractivity (Wildman–Crippen MR) is 84.3 cm³/mol. The lowest BCUT2D eigenvalue weighted by Crippen LogP contribution is -2.41. The van der Waals surface area contributed by atoms with E-state index < -0.39 is 10.0 Å². The molecule has 0 aromatic carbocycles. The smallest absolute Gasteiger partial charge is 0.211 e. The number of likely N-dealkylation sites (tertiary alicyclic amines) is 1. The zero-order valence-corrected chi connectivity index (χ0v) is 13.5. The maximum Gasteiger partial charge on any atom is 0.211 e. The first kappa shape index (κ1) is 16.4. The summed E-state index contributed by atoms with van der Waals surface area (Å²) in [5.41, 5.74) is 1.07. The van der Waals surface area contributed by atoms with Gasteiger partial charge in [-0.2, -0.15) is 0 Å². The van der Waals surface area contributed by atoms with Gasteiger partial charge in [0, 0.05) is 25.8 Å². The molecule has 0 unspecified atom stereocenters. The molecular formula is C15H25N3O2S. The topological polar surface area (TPSA) is 62.3 Å². The van der Waals surface area contributed by atoms with Gasteiger partial charge in [0.15, 0.2) is 0 Å². The highest BCUT2D eigenvalue weighted by Crippen LogP contribution is 2.17. The third kappa shape index (κ3) is 5.73. The van der Waals surface area contributed by atoms with Crippen LogP contribution >= 0.6 is 0 Å². The fraction of sp³-hybridized carbons (Fsp3) is 0.667. The Kier molecular flexibility index (Phi) is 6.14. The Morgan fingerprint density at radius 2 is 2.29 bits per heavy atom. The molecule has 1 aliphatic heterocycles. The van der Waals surface area contributed by atoms with Crippen LogP contribution in [-0.4, -0.2) is 43.7 Å². The van der Waals surface area contributed by atoms with Crippen LogP contribution in [0, 0.1) is 5.92 Å². The number of hydrogen-bond acceptors (Lipinski definition) is 4. The zero-order chi connectivity index (χ0) is 15.1. The van der Waals surface area contributed by atoms with Crippen molar-refractivity contribution in [3.63, 3.8) is 0 Å². The molecule has 21 heavy (non-hydrogen) atoms. The summed E-state index contributed by atoms with van der Waals surface area (Å²) in [6.07, 6.45) is 4.68. The quantitative estimate of drug-likeness (QED) is 0.831. The van der Waals surface area contributed by atoms with E-state index in [1.54, 1.807) is 0 Å². The van der Waals surface area contributed by atoms with Crippen molar-refractivity contribution in [3.05, 3.63) is 30.1 Å². The molecule has 5 nitrogen and oxygen atoms in total. The van der Waals surface area contributed by atoms with Crippen LogP contribution in [0.25, 0.3) is 0 Å². The molecule has 118 valence electrons. The Labute approximate surface area is 127 Å². The average molecular weight is 311 g/mol. The lowest BCUT2D eigenvalue weighted by Gasteiger charge is -2.32. The van der Waals surface area contributed by atoms with Gasteiger partial charge in [-0.15, -0.1) is 0 Å². The van der Waals surface area contributed by atoms with Crippen LogP contribution < -0.4 is 4.72 Å². The summed E-state index contributed by atoms with van der Waals surface area (Å²) in [4.78, 5) is 6.72. The van der Waals surface area contributed by atoms with Crippen LogP contribution in [0.3, 0.4) is 0 Å². The van der Waals surface area contributed by atoms with Gasteiger partial charge in [-0.05, 0) is 43.9 Å². The Balaban J connectivity index is 1.81. The normalized spacial score (nSPS) is 20.5. The summed E-state index contributed by atoms with van der Waals surface area (Å²) >= 11 is 0. The number of aromatic nitrogens is 1. The minimum absolute atomic E-state index is 0.220. The van der Waals surface area contributed by atoms with E-state index in [-0.39, 0.29) is 5.75 Å². The molecule has 2 rings (SSSR count). The van der Waals surface area contributed by atoms with Crippen LogP contribution in [0.1, 0.15) is 31.9 Å². The first-order valence-electron chi connectivity index (χ1n) is 7.68. The molecule has 0 amide bonds. The van der Waals surface area contributed by atoms with Crippen LogP contribution in [0.15, 0.2) is 24.4 Å². The second-order valence-corrected chi connectivity index (χ2v) is 7.66. The van der Waals surface area contributed by atoms with Gasteiger partial charge in [0.05, 0.1) is 11.4 Å². The van der Waals surface area contributed by atoms with Crippen molar-refractivity contribution < 1.29 is 8.42 Å². The van der Waals surface area contributed by atoms with E-state index in [9.17, 15) is 8.42 Å². The summed E-state index contributed by atoms with van der Waals surface area (Å²) < 4.78 is 26.2. The highest BCUT2D eigenvalue weighted by atomic mass is 32.2. The molecule has 1 N–H and O–H groups in total. The number of nitrogens with one attached hydrogen (secondary N) is 1. The average Bonchev–Trinajstić information content (AvgIpc) is 2.47. The highest BCUT2D eigenvalue weighted by molar-refractivity contribution is 7.89. The maximum atomic E-state index is 11.7. The number of sulfonamides is 1. The van der Waals surface area contributed by atoms with Crippen LogP contribution in [0.2, 0.25) is 0 Å². The van der Waals surface area contributed by atoms with Crippen molar-refractivity contribution in [3.8, 4) is 0 Å². The van der Waals surface area contributed by atoms with Crippen molar-refractivity contribution in [2.75, 3.05) is 25.4 Å². The Bertz CT molecular complexity index is 519. The van der Waals surface area contributed by atoms with Gasteiger partial charge >= 0.3 is 0 Å². The second kappa shape index (κ2) is 7.87. The fourth-order valence-corrected chi connectivity index (χ4v) is 3.94. The fourth-order valence-electron chi connectivity index (χ4n) is 2.77. The molecule has 1 atom stereocenters. The third-order valence-electron chi connectivity index (χ3n) is 3.78. The molecule has 0 aliphatic carbocycles. The first-order valence-corrected chi connectivity index (χ1v) is 9.34. The largest absolute Gasteiger partial charge is 0.297 e. The number of pyridine rings is 1. The molecule has 1 fully saturated rings. The van der Waals surface area contributed by atoms with Gasteiger partial charge in [0.2, 0.25) is 10.0 Å². The summed E-state index contributed by atoms with van der Waals surface area (Å²) in [6, 6.07) is 5.96. The lowest BCUT2D eigenvalue weighted by atomic mass is 9.98. The lowest BCUT2D eigenvalue weighted by molar-refractivity contribution is 0.167. The van der Waals surface area contributed by atoms with E-state index in [1.165, 1.54) is 0 Å². The molecule has 0 radical (unpaired) electrons. The van der Waals surface area contributed by atoms with E-state index >= 15 is 0 Å². The van der Waals surface area contributed by atoms with Crippen LogP contribution in [0.5, 0.6) is 0 Å². The third-order valence-corrected chi connectivity index (χ3v) is 5.33. The summed E-state index contributed by atoms with van der Waals surface area (Å²) in [5.74, 6) is 0.617. The van der Waals surface area contributed by atoms with E-state index in [0.29, 0.717) is 18.9 Å². The monoisotopic (exact) mass is 311 g/mol. The standard InChI is InChI=1S/C15H25N3O2S/c1-2-10-21(19,20)17-11-14-6-5-9-18(12-14)13-15-7-3-4-8-16-15/h3-4,7-8,14,17H,2,5-6,9-13H2,1H3/t14-/m0/s1. The predicted octanol–water partition coefficient (Wildman–Crippen LogP) is 1.62. The second-order valence-electron chi connectivity index (χ2n) is 5.73. The minimum Gasteiger partial charge on any atom is -0.297 e. The van der Waals surface area contributed by atoms with Gasteiger partial charge in [0.1, 0.15) is 0 Å². The van der Waals surface area contributed by atoms with Crippen molar-refractivity contribution in [2.24, 2.45) is 5.92 Å². The van der Waals surface area contributed by atoms with Crippen LogP contribution in [0.4, 0.5) is 0 Å². The molecule has 2 heterocycles. The SMILES string of the molecule is CCCS(=O)(=O)NC[C@@H]1CCCN(Cc2ccccn2)C1. The number of piperidine rings is 1. The van der Waals surface area contributed by atoms with Crippen molar-refractivity contribution >= 4 is 10.0 Å². The summed E-state index contributed by atoms with van der Waals surface area (Å²) in [6.45, 7) is 5.29. The maximum absolute atomic E-state index is 11.7. The van der Waals surface area contributed by atoms with E-state index in [0.717, 1.165) is 38.2 Å². The Morgan fingerprint density at radius 3 is 3.00 bits per heavy atom. The van der Waals surface area contributed by atoms with Crippen molar-refractivity contribution in [2.45, 2.75) is 32.7 Å². The molecule has 0 bridgehead atoms. The zero-order valence-electron chi connectivity index (χ0n) is 12.7. The van der Waals surface area contributed by atoms with E-state index in [2.05, 4.69) is 14.6 Å². The first-order chi connectivity index (χ1) is 10.1. The minimum atomic E-state index is -3.09. The van der Waals surface area contributed by atoms with Gasteiger partial charge < -0.3 is 0 Å². The molecule has 0 saturated carbocycles. The summed E-state index contributed by atoms with van der Waals surface area (Å²) in [7, 11) is -3.09. The van der Waals surface area contributed by atoms with Gasteiger partial charge in [-0.1, -0.05) is 13.0 Å². The van der Waals surface area contributed by atoms with Gasteiger partial charge in [0.25, 0.3) is 0 Å². The van der Waals surface area contributed by atoms with Gasteiger partial charge in [-0.3, -0.25) is 9.88 Å². The van der Waals surface area contributed by atoms with Crippen molar-refractivity contribution in [1.82, 2.24) is 14.6 Å². The molecule has 1 aliphatic rings.